The molecule has 0 radical (unpaired) electrons. The fourth-order valence-electron chi connectivity index (χ4n) is 4.32. The van der Waals surface area contributed by atoms with Crippen molar-refractivity contribution in [3.05, 3.63) is 65.5 Å². The molecule has 0 unspecified atom stereocenters. The van der Waals surface area contributed by atoms with Crippen LogP contribution in [0.15, 0.2) is 64.5 Å². The number of aliphatic hydroxyl groups excluding tert-OH is 1. The van der Waals surface area contributed by atoms with Gasteiger partial charge in [0.15, 0.2) is 10.6 Å². The van der Waals surface area contributed by atoms with Crippen molar-refractivity contribution < 1.29 is 27.5 Å². The normalized spacial score (nSPS) is 16.1. The van der Waals surface area contributed by atoms with Gasteiger partial charge < -0.3 is 19.3 Å². The van der Waals surface area contributed by atoms with E-state index in [4.69, 9.17) is 9.26 Å². The maximum atomic E-state index is 13.3. The number of rotatable bonds is 7. The second kappa shape index (κ2) is 9.88. The molecule has 35 heavy (non-hydrogen) atoms. The lowest BCUT2D eigenvalue weighted by molar-refractivity contribution is -0.137. The second-order valence-electron chi connectivity index (χ2n) is 8.45. The molecule has 3 heterocycles. The molecular weight excluding hydrogens is 479 g/mol. The van der Waals surface area contributed by atoms with E-state index in [0.29, 0.717) is 44.2 Å². The summed E-state index contributed by atoms with van der Waals surface area (Å²) in [6, 6.07) is 15.1. The average Bonchev–Trinajstić information content (AvgIpc) is 3.47. The van der Waals surface area contributed by atoms with E-state index in [9.17, 15) is 18.3 Å². The minimum atomic E-state index is -4.39. The molecule has 0 saturated carbocycles. The number of fused-ring (bicyclic) bond motifs is 1. The van der Waals surface area contributed by atoms with Crippen molar-refractivity contribution in [2.24, 2.45) is 0 Å². The highest BCUT2D eigenvalue weighted by molar-refractivity contribution is 7.16. The highest BCUT2D eigenvalue weighted by Gasteiger charge is 2.35. The molecule has 1 saturated heterocycles. The number of para-hydroxylation sites is 1. The van der Waals surface area contributed by atoms with Gasteiger partial charge in [0, 0.05) is 44.0 Å². The largest absolute Gasteiger partial charge is 0.491 e. The molecule has 184 valence electrons. The average molecular weight is 504 g/mol. The predicted molar refractivity (Wildman–Crippen MR) is 129 cm³/mol. The molecule has 1 atom stereocenters. The van der Waals surface area contributed by atoms with Crippen LogP contribution in [0.25, 0.3) is 21.5 Å². The fourth-order valence-corrected chi connectivity index (χ4v) is 5.02. The number of nitrogens with zero attached hydrogens (tertiary/aromatic N) is 3. The van der Waals surface area contributed by atoms with Crippen molar-refractivity contribution in [1.29, 1.82) is 0 Å². The number of ether oxygens (including phenoxy) is 1. The predicted octanol–water partition coefficient (Wildman–Crippen LogP) is 5.14. The first-order chi connectivity index (χ1) is 16.9. The third-order valence-corrected chi connectivity index (χ3v) is 6.83. The zero-order valence-electron chi connectivity index (χ0n) is 18.7. The minimum absolute atomic E-state index is 0.102. The molecule has 1 N–H and O–H groups in total. The van der Waals surface area contributed by atoms with Gasteiger partial charge in [-0.1, -0.05) is 29.4 Å². The number of aliphatic hydroxyl groups is 1. The summed E-state index contributed by atoms with van der Waals surface area (Å²) in [6.07, 6.45) is -5.12. The Hall–Kier alpha value is -3.08. The number of benzene rings is 2. The number of hydrogen-bond acceptors (Lipinski definition) is 7. The summed E-state index contributed by atoms with van der Waals surface area (Å²) in [5.74, 6) is 1.28. The molecule has 1 fully saturated rings. The Bertz CT molecular complexity index is 1280. The summed E-state index contributed by atoms with van der Waals surface area (Å²) in [7, 11) is 0. The molecule has 0 bridgehead atoms. The van der Waals surface area contributed by atoms with Crippen molar-refractivity contribution in [2.45, 2.75) is 12.3 Å². The van der Waals surface area contributed by atoms with E-state index in [2.05, 4.69) is 5.16 Å². The van der Waals surface area contributed by atoms with Gasteiger partial charge in [0.1, 0.15) is 18.5 Å². The number of hydrogen-bond donors (Lipinski definition) is 1. The van der Waals surface area contributed by atoms with Crippen LogP contribution in [0.1, 0.15) is 5.56 Å². The van der Waals surface area contributed by atoms with Crippen LogP contribution in [0.5, 0.6) is 5.75 Å². The van der Waals surface area contributed by atoms with Gasteiger partial charge in [0.25, 0.3) is 0 Å². The number of anilines is 1. The molecule has 10 heteroatoms. The molecule has 5 rings (SSSR count). The van der Waals surface area contributed by atoms with E-state index in [1.807, 2.05) is 40.6 Å². The molecule has 1 aliphatic rings. The van der Waals surface area contributed by atoms with Crippen molar-refractivity contribution in [2.75, 3.05) is 44.2 Å². The van der Waals surface area contributed by atoms with E-state index in [1.54, 1.807) is 11.0 Å². The minimum Gasteiger partial charge on any atom is -0.491 e. The van der Waals surface area contributed by atoms with Crippen LogP contribution in [0, 0.1) is 0 Å². The number of alkyl halides is 3. The van der Waals surface area contributed by atoms with E-state index < -0.39 is 17.8 Å². The lowest BCUT2D eigenvalue weighted by atomic mass is 10.1. The smallest absolute Gasteiger partial charge is 0.418 e. The molecule has 2 aromatic heterocycles. The van der Waals surface area contributed by atoms with E-state index >= 15 is 0 Å². The summed E-state index contributed by atoms with van der Waals surface area (Å²) in [5, 5.41) is 17.5. The standard InChI is InChI=1S/C25H24F3N3O3S/c26-25(27,28)21-6-1-2-7-22(21)31-11-9-30(10-12-31)15-18(32)16-33-19-5-3-4-17(14-19)23-20-8-13-35-24(20)29-34-23/h1-8,13-14,18,32H,9-12,15-16H2/t18-/m1/s1. The quantitative estimate of drug-likeness (QED) is 0.377. The van der Waals surface area contributed by atoms with Crippen molar-refractivity contribution >= 4 is 27.2 Å². The molecular formula is C25H24F3N3O3S. The van der Waals surface area contributed by atoms with Gasteiger partial charge in [0.2, 0.25) is 0 Å². The van der Waals surface area contributed by atoms with Crippen LogP contribution in [-0.4, -0.2) is 60.6 Å². The first-order valence-corrected chi connectivity index (χ1v) is 12.1. The Morgan fingerprint density at radius 2 is 1.86 bits per heavy atom. The van der Waals surface area contributed by atoms with Crippen LogP contribution >= 0.6 is 11.3 Å². The van der Waals surface area contributed by atoms with Crippen LogP contribution in [0.2, 0.25) is 0 Å². The second-order valence-corrected chi connectivity index (χ2v) is 9.34. The first-order valence-electron chi connectivity index (χ1n) is 11.3. The third kappa shape index (κ3) is 5.29. The number of thiophene rings is 1. The van der Waals surface area contributed by atoms with Crippen LogP contribution in [-0.2, 0) is 6.18 Å². The van der Waals surface area contributed by atoms with Gasteiger partial charge in [-0.2, -0.15) is 13.2 Å². The summed E-state index contributed by atoms with van der Waals surface area (Å²) in [5.41, 5.74) is 0.428. The number of aromatic nitrogens is 1. The van der Waals surface area contributed by atoms with Gasteiger partial charge in [-0.05, 0) is 35.7 Å². The third-order valence-electron chi connectivity index (χ3n) is 6.04. The van der Waals surface area contributed by atoms with Crippen molar-refractivity contribution in [1.82, 2.24) is 10.1 Å². The Balaban J connectivity index is 1.14. The van der Waals surface area contributed by atoms with Gasteiger partial charge in [-0.15, -0.1) is 11.3 Å². The molecule has 0 amide bonds. The summed E-state index contributed by atoms with van der Waals surface area (Å²) < 4.78 is 51.3. The Kier molecular flexibility index (Phi) is 6.68. The fraction of sp³-hybridized carbons (Fsp3) is 0.320. The maximum absolute atomic E-state index is 13.3. The number of halogens is 3. The van der Waals surface area contributed by atoms with Gasteiger partial charge in [-0.25, -0.2) is 0 Å². The van der Waals surface area contributed by atoms with Gasteiger partial charge >= 0.3 is 6.18 Å². The lowest BCUT2D eigenvalue weighted by Crippen LogP contribution is -2.49. The zero-order valence-corrected chi connectivity index (χ0v) is 19.6. The summed E-state index contributed by atoms with van der Waals surface area (Å²) in [4.78, 5) is 4.63. The molecule has 0 spiro atoms. The maximum Gasteiger partial charge on any atom is 0.418 e. The number of β-amino-alcohol motifs (C(OH)–C–C–N with tert-alkyl or cyclic N) is 1. The van der Waals surface area contributed by atoms with E-state index in [-0.39, 0.29) is 12.3 Å². The summed E-state index contributed by atoms with van der Waals surface area (Å²) in [6.45, 7) is 2.51. The first kappa shape index (κ1) is 23.7. The molecule has 6 nitrogen and oxygen atoms in total. The highest BCUT2D eigenvalue weighted by atomic mass is 32.1. The van der Waals surface area contributed by atoms with Crippen molar-refractivity contribution in [3.63, 3.8) is 0 Å². The SMILES string of the molecule is O[C@@H](COc1cccc(-c2onc3sccc23)c1)CN1CCN(c2ccccc2C(F)(F)F)CC1. The Labute approximate surface area is 204 Å². The highest BCUT2D eigenvalue weighted by Crippen LogP contribution is 2.37. The van der Waals surface area contributed by atoms with Crippen LogP contribution < -0.4 is 9.64 Å². The lowest BCUT2D eigenvalue weighted by Gasteiger charge is -2.37. The van der Waals surface area contributed by atoms with E-state index in [1.165, 1.54) is 23.5 Å². The van der Waals surface area contributed by atoms with Crippen LogP contribution in [0.3, 0.4) is 0 Å². The Morgan fingerprint density at radius 1 is 1.06 bits per heavy atom. The summed E-state index contributed by atoms with van der Waals surface area (Å²) >= 11 is 1.51. The number of piperazine rings is 1. The molecule has 2 aromatic carbocycles. The van der Waals surface area contributed by atoms with Gasteiger partial charge in [-0.3, -0.25) is 4.90 Å². The van der Waals surface area contributed by atoms with Gasteiger partial charge in [0.05, 0.1) is 10.9 Å². The van der Waals surface area contributed by atoms with E-state index in [0.717, 1.165) is 21.8 Å². The molecule has 0 aliphatic carbocycles. The monoisotopic (exact) mass is 503 g/mol. The topological polar surface area (TPSA) is 62.0 Å². The van der Waals surface area contributed by atoms with Crippen LogP contribution in [0.4, 0.5) is 18.9 Å². The Morgan fingerprint density at radius 3 is 2.66 bits per heavy atom. The van der Waals surface area contributed by atoms with Crippen molar-refractivity contribution in [3.8, 4) is 17.1 Å². The molecule has 4 aromatic rings. The molecule has 1 aliphatic heterocycles. The zero-order chi connectivity index (χ0) is 24.4.